The molecule has 4 heteroatoms. The zero-order chi connectivity index (χ0) is 14.1. The summed E-state index contributed by atoms with van der Waals surface area (Å²) in [6, 6.07) is 3.67. The lowest BCUT2D eigenvalue weighted by Gasteiger charge is -2.24. The van der Waals surface area contributed by atoms with Gasteiger partial charge in [0.15, 0.2) is 0 Å². The Morgan fingerprint density at radius 2 is 1.89 bits per heavy atom. The van der Waals surface area contributed by atoms with Crippen molar-refractivity contribution in [1.29, 1.82) is 0 Å². The Balaban J connectivity index is 3.52. The molecule has 0 saturated heterocycles. The van der Waals surface area contributed by atoms with Gasteiger partial charge in [0.1, 0.15) is 11.4 Å². The molecule has 0 atom stereocenters. The number of carbonyl (C=O) groups excluding carboxylic acids is 1. The van der Waals surface area contributed by atoms with Crippen molar-refractivity contribution in [3.63, 3.8) is 0 Å². The fourth-order valence-electron chi connectivity index (χ4n) is 1.91. The molecule has 1 rings (SSSR count). The van der Waals surface area contributed by atoms with Crippen molar-refractivity contribution in [2.75, 3.05) is 0 Å². The highest BCUT2D eigenvalue weighted by molar-refractivity contribution is 14.1. The maximum absolute atomic E-state index is 11.9. The Morgan fingerprint density at radius 1 is 1.33 bits per heavy atom. The van der Waals surface area contributed by atoms with Gasteiger partial charge in [0, 0.05) is 11.1 Å². The Morgan fingerprint density at radius 3 is 2.28 bits per heavy atom. The summed E-state index contributed by atoms with van der Waals surface area (Å²) in [5.74, 6) is 0.538. The van der Waals surface area contributed by atoms with Gasteiger partial charge in [0.2, 0.25) is 0 Å². The maximum atomic E-state index is 11.9. The van der Waals surface area contributed by atoms with Crippen LogP contribution in [0.2, 0.25) is 0 Å². The molecule has 0 unspecified atom stereocenters. The van der Waals surface area contributed by atoms with Gasteiger partial charge in [-0.25, -0.2) is 0 Å². The summed E-state index contributed by atoms with van der Waals surface area (Å²) in [6.45, 7) is 10.2. The molecular weight excluding hydrogens is 338 g/mol. The number of phenolic OH excluding ortho intramolecular Hbond substituents is 1. The predicted octanol–water partition coefficient (Wildman–Crippen LogP) is 3.74. The number of halogens is 1. The van der Waals surface area contributed by atoms with Crippen LogP contribution >= 0.6 is 22.4 Å². The van der Waals surface area contributed by atoms with Crippen LogP contribution in [0.25, 0.3) is 0 Å². The van der Waals surface area contributed by atoms with E-state index >= 15 is 0 Å². The number of hydrogen-bond donors (Lipinski definition) is 1. The molecule has 2 nitrogen and oxygen atoms in total. The van der Waals surface area contributed by atoms with Crippen molar-refractivity contribution in [1.82, 2.24) is 0 Å². The quantitative estimate of drug-likeness (QED) is 0.660. The smallest absolute Gasteiger partial charge is 0.285 e. The fraction of sp³-hybridized carbons (Fsp3) is 0.500. The largest absolute Gasteiger partial charge is 0.507 e. The summed E-state index contributed by atoms with van der Waals surface area (Å²) in [6.07, 6.45) is 0. The van der Waals surface area contributed by atoms with Gasteiger partial charge in [0.25, 0.3) is 5.14 Å². The predicted molar refractivity (Wildman–Crippen MR) is 86.4 cm³/mol. The molecule has 0 aliphatic rings. The summed E-state index contributed by atoms with van der Waals surface area (Å²) >= 11 is 2.08. The monoisotopic (exact) mass is 358 g/mol. The molecule has 0 spiro atoms. The van der Waals surface area contributed by atoms with E-state index in [2.05, 4.69) is 22.4 Å². The molecule has 0 heterocycles. The van der Waals surface area contributed by atoms with E-state index in [1.165, 1.54) is 0 Å². The second-order valence-corrected chi connectivity index (χ2v) is 6.69. The van der Waals surface area contributed by atoms with Gasteiger partial charge >= 0.3 is 0 Å². The van der Waals surface area contributed by atoms with Gasteiger partial charge in [-0.2, -0.15) is 0 Å². The van der Waals surface area contributed by atoms with Crippen LogP contribution in [0.3, 0.4) is 0 Å². The van der Waals surface area contributed by atoms with E-state index in [1.54, 1.807) is 0 Å². The molecule has 0 aliphatic carbocycles. The lowest BCUT2D eigenvalue weighted by Crippen LogP contribution is -2.15. The Bertz CT molecular complexity index is 462. The summed E-state index contributed by atoms with van der Waals surface area (Å²) < 4.78 is 0. The lowest BCUT2D eigenvalue weighted by atomic mass is 9.80. The molecule has 0 amide bonds. The molecular formula is C14H20BIO2. The normalized spacial score (nSPS) is 11.7. The average Bonchev–Trinajstić information content (AvgIpc) is 2.26. The van der Waals surface area contributed by atoms with Crippen molar-refractivity contribution in [2.45, 2.75) is 46.0 Å². The Hall–Kier alpha value is -0.515. The van der Waals surface area contributed by atoms with Gasteiger partial charge < -0.3 is 9.90 Å². The van der Waals surface area contributed by atoms with E-state index in [9.17, 15) is 9.90 Å². The number of phenols is 1. The highest BCUT2D eigenvalue weighted by Gasteiger charge is 2.23. The van der Waals surface area contributed by atoms with Crippen molar-refractivity contribution in [2.24, 2.45) is 0 Å². The van der Waals surface area contributed by atoms with Gasteiger partial charge in [-0.1, -0.05) is 34.6 Å². The SMILES string of the molecule is CC(C)c1cc(C(=O)BI)cc(C(C)(C)C)c1O. The van der Waals surface area contributed by atoms with E-state index < -0.39 is 0 Å². The van der Waals surface area contributed by atoms with Gasteiger partial charge in [-0.3, -0.25) is 0 Å². The maximum Gasteiger partial charge on any atom is 0.285 e. The minimum absolute atomic E-state index is 0.114. The molecule has 1 aromatic rings. The number of rotatable bonds is 3. The van der Waals surface area contributed by atoms with Crippen LogP contribution in [0.4, 0.5) is 0 Å². The van der Waals surface area contributed by atoms with Crippen molar-refractivity contribution < 1.29 is 9.90 Å². The third-order valence-corrected chi connectivity index (χ3v) is 3.71. The zero-order valence-corrected chi connectivity index (χ0v) is 13.8. The highest BCUT2D eigenvalue weighted by Crippen LogP contribution is 2.37. The van der Waals surface area contributed by atoms with Crippen molar-refractivity contribution in [3.8, 4) is 5.75 Å². The number of aromatic hydroxyl groups is 1. The molecule has 0 radical (unpaired) electrons. The van der Waals surface area contributed by atoms with Gasteiger partial charge in [-0.05, 0) is 29.0 Å². The average molecular weight is 358 g/mol. The van der Waals surface area contributed by atoms with E-state index in [0.717, 1.165) is 11.1 Å². The minimum Gasteiger partial charge on any atom is -0.507 e. The van der Waals surface area contributed by atoms with Crippen LogP contribution in [0.1, 0.15) is 62.0 Å². The molecule has 0 fully saturated rings. The van der Waals surface area contributed by atoms with E-state index in [1.807, 2.05) is 46.8 Å². The lowest BCUT2D eigenvalue weighted by molar-refractivity contribution is 0.107. The van der Waals surface area contributed by atoms with Crippen LogP contribution in [0.5, 0.6) is 5.75 Å². The van der Waals surface area contributed by atoms with Crippen LogP contribution < -0.4 is 0 Å². The minimum atomic E-state index is -0.171. The van der Waals surface area contributed by atoms with E-state index in [0.29, 0.717) is 16.4 Å². The molecule has 0 aliphatic heterocycles. The van der Waals surface area contributed by atoms with Gasteiger partial charge in [-0.15, -0.1) is 22.4 Å². The topological polar surface area (TPSA) is 37.3 Å². The third-order valence-electron chi connectivity index (χ3n) is 3.01. The van der Waals surface area contributed by atoms with Crippen LogP contribution in [0, 0.1) is 0 Å². The highest BCUT2D eigenvalue weighted by atomic mass is 127. The molecule has 18 heavy (non-hydrogen) atoms. The molecule has 98 valence electrons. The summed E-state index contributed by atoms with van der Waals surface area (Å²) in [5, 5.41) is 10.8. The van der Waals surface area contributed by atoms with Crippen LogP contribution in [-0.2, 0) is 5.41 Å². The zero-order valence-electron chi connectivity index (χ0n) is 11.7. The molecule has 0 bridgehead atoms. The van der Waals surface area contributed by atoms with Crippen molar-refractivity contribution in [3.05, 3.63) is 28.8 Å². The third kappa shape index (κ3) is 3.28. The van der Waals surface area contributed by atoms with E-state index in [-0.39, 0.29) is 17.0 Å². The van der Waals surface area contributed by atoms with Gasteiger partial charge in [0.05, 0.1) is 0 Å². The molecule has 0 aromatic heterocycles. The standard InChI is InChI=1S/C14H20BIO2/c1-8(2)10-6-9(13(18)15-16)7-11(12(10)17)14(3,4)5/h6-8,15,17H,1-5H3. The molecule has 0 saturated carbocycles. The Labute approximate surface area is 123 Å². The molecule has 1 N–H and O–H groups in total. The summed E-state index contributed by atoms with van der Waals surface area (Å²) in [7, 11) is 0. The second kappa shape index (κ2) is 5.64. The fourth-order valence-corrected chi connectivity index (χ4v) is 2.35. The number of benzene rings is 1. The first-order chi connectivity index (χ1) is 8.18. The first-order valence-corrected chi connectivity index (χ1v) is 7.67. The second-order valence-electron chi connectivity index (χ2n) is 5.92. The van der Waals surface area contributed by atoms with Crippen molar-refractivity contribution >= 4 is 33.2 Å². The summed E-state index contributed by atoms with van der Waals surface area (Å²) in [5.41, 5.74) is 2.35. The van der Waals surface area contributed by atoms with Crippen LogP contribution in [-0.4, -0.2) is 15.9 Å². The Kier molecular flexibility index (Phi) is 4.87. The number of carbonyl (C=O) groups is 1. The first kappa shape index (κ1) is 15.5. The molecule has 1 aromatic carbocycles. The number of hydrogen-bond acceptors (Lipinski definition) is 2. The first-order valence-electron chi connectivity index (χ1n) is 6.15. The van der Waals surface area contributed by atoms with Crippen LogP contribution in [0.15, 0.2) is 12.1 Å². The summed E-state index contributed by atoms with van der Waals surface area (Å²) in [4.78, 5) is 11.9. The van der Waals surface area contributed by atoms with E-state index in [4.69, 9.17) is 0 Å².